The van der Waals surface area contributed by atoms with Crippen molar-refractivity contribution in [3.05, 3.63) is 29.8 Å². The highest BCUT2D eigenvalue weighted by Gasteiger charge is 2.36. The summed E-state index contributed by atoms with van der Waals surface area (Å²) < 4.78 is 12.9. The van der Waals surface area contributed by atoms with E-state index in [0.717, 1.165) is 11.8 Å². The van der Waals surface area contributed by atoms with E-state index in [1.54, 1.807) is 11.8 Å². The van der Waals surface area contributed by atoms with E-state index in [1.807, 2.05) is 0 Å². The number of halogens is 1. The van der Waals surface area contributed by atoms with Crippen LogP contribution in [-0.2, 0) is 0 Å². The molecular weight excluding hydrogens is 241 g/mol. The van der Waals surface area contributed by atoms with E-state index < -0.39 is 17.4 Å². The van der Waals surface area contributed by atoms with Crippen molar-refractivity contribution in [1.29, 1.82) is 5.26 Å². The highest BCUT2D eigenvalue weighted by Crippen LogP contribution is 2.27. The number of hydrogen-bond acceptors (Lipinski definition) is 4. The second-order valence-corrected chi connectivity index (χ2v) is 4.92. The van der Waals surface area contributed by atoms with Crippen LogP contribution in [0, 0.1) is 17.3 Å². The molecule has 2 heterocycles. The van der Waals surface area contributed by atoms with Crippen LogP contribution in [0.15, 0.2) is 18.3 Å². The van der Waals surface area contributed by atoms with Crippen molar-refractivity contribution in [2.75, 3.05) is 11.5 Å². The molecule has 1 aliphatic heterocycles. The summed E-state index contributed by atoms with van der Waals surface area (Å²) in [6, 6.07) is 4.61. The highest BCUT2D eigenvalue weighted by molar-refractivity contribution is 7.99. The van der Waals surface area contributed by atoms with Gasteiger partial charge in [-0.25, -0.2) is 4.98 Å². The lowest BCUT2D eigenvalue weighted by atomic mass is 10.0. The molecule has 0 aliphatic carbocycles. The number of rotatable bonds is 2. The van der Waals surface area contributed by atoms with E-state index in [2.05, 4.69) is 16.4 Å². The normalized spacial score (nSPS) is 23.1. The average molecular weight is 251 g/mol. The first kappa shape index (κ1) is 11.9. The summed E-state index contributed by atoms with van der Waals surface area (Å²) in [6.45, 7) is 0. The van der Waals surface area contributed by atoms with E-state index in [9.17, 15) is 9.18 Å². The third-order valence-electron chi connectivity index (χ3n) is 2.58. The molecule has 0 aromatic carbocycles. The molecule has 4 nitrogen and oxygen atoms in total. The van der Waals surface area contributed by atoms with Gasteiger partial charge in [0.25, 0.3) is 5.91 Å². The van der Waals surface area contributed by atoms with Crippen LogP contribution in [0.25, 0.3) is 0 Å². The van der Waals surface area contributed by atoms with Crippen LogP contribution in [0.5, 0.6) is 0 Å². The maximum Gasteiger partial charge on any atom is 0.252 e. The fourth-order valence-corrected chi connectivity index (χ4v) is 2.88. The molecule has 0 bridgehead atoms. The SMILES string of the molecule is N#CC1(NC(=O)c2ccnc(F)c2)CCSC1. The van der Waals surface area contributed by atoms with E-state index in [4.69, 9.17) is 5.26 Å². The standard InChI is InChI=1S/C11H10FN3OS/c12-9-5-8(1-3-14-9)10(16)15-11(6-13)2-4-17-7-11/h1,3,5H,2,4,7H2,(H,15,16). The van der Waals surface area contributed by atoms with E-state index >= 15 is 0 Å². The first-order chi connectivity index (χ1) is 8.15. The molecule has 1 saturated heterocycles. The predicted octanol–water partition coefficient (Wildman–Crippen LogP) is 1.35. The second-order valence-electron chi connectivity index (χ2n) is 3.82. The van der Waals surface area contributed by atoms with Crippen LogP contribution in [0.3, 0.4) is 0 Å². The van der Waals surface area contributed by atoms with Gasteiger partial charge in [-0.1, -0.05) is 0 Å². The third-order valence-corrected chi connectivity index (χ3v) is 3.77. The molecule has 1 aromatic heterocycles. The zero-order valence-corrected chi connectivity index (χ0v) is 9.76. The number of hydrogen-bond donors (Lipinski definition) is 1. The molecule has 1 aromatic rings. The number of carbonyl (C=O) groups excluding carboxylic acids is 1. The number of nitriles is 1. The summed E-state index contributed by atoms with van der Waals surface area (Å²) in [5.41, 5.74) is -0.634. The fraction of sp³-hybridized carbons (Fsp3) is 0.364. The smallest absolute Gasteiger partial charge is 0.252 e. The lowest BCUT2D eigenvalue weighted by Gasteiger charge is -2.21. The van der Waals surface area contributed by atoms with Gasteiger partial charge in [0.1, 0.15) is 5.54 Å². The number of thioether (sulfide) groups is 1. The van der Waals surface area contributed by atoms with Gasteiger partial charge in [0.05, 0.1) is 6.07 Å². The number of aromatic nitrogens is 1. The molecule has 0 saturated carbocycles. The second kappa shape index (κ2) is 4.72. The molecule has 1 aliphatic rings. The minimum absolute atomic E-state index is 0.184. The summed E-state index contributed by atoms with van der Waals surface area (Å²) in [6.07, 6.45) is 1.85. The lowest BCUT2D eigenvalue weighted by Crippen LogP contribution is -2.47. The molecule has 1 amide bonds. The van der Waals surface area contributed by atoms with Crippen LogP contribution >= 0.6 is 11.8 Å². The Labute approximate surface area is 102 Å². The van der Waals surface area contributed by atoms with Gasteiger partial charge in [-0.2, -0.15) is 21.4 Å². The molecular formula is C11H10FN3OS. The number of nitrogens with zero attached hydrogens (tertiary/aromatic N) is 2. The average Bonchev–Trinajstić information content (AvgIpc) is 2.78. The van der Waals surface area contributed by atoms with Crippen LogP contribution < -0.4 is 5.32 Å². The van der Waals surface area contributed by atoms with Gasteiger partial charge in [0.15, 0.2) is 0 Å². The van der Waals surface area contributed by atoms with Gasteiger partial charge in [-0.15, -0.1) is 0 Å². The molecule has 0 spiro atoms. The molecule has 2 rings (SSSR count). The van der Waals surface area contributed by atoms with Gasteiger partial charge >= 0.3 is 0 Å². The summed E-state index contributed by atoms with van der Waals surface area (Å²) in [5.74, 6) is 0.279. The topological polar surface area (TPSA) is 65.8 Å². The van der Waals surface area contributed by atoms with Crippen molar-refractivity contribution >= 4 is 17.7 Å². The molecule has 1 fully saturated rings. The van der Waals surface area contributed by atoms with Crippen molar-refractivity contribution in [3.63, 3.8) is 0 Å². The largest absolute Gasteiger partial charge is 0.333 e. The van der Waals surface area contributed by atoms with Crippen molar-refractivity contribution in [2.45, 2.75) is 12.0 Å². The highest BCUT2D eigenvalue weighted by atomic mass is 32.2. The predicted molar refractivity (Wildman–Crippen MR) is 61.9 cm³/mol. The molecule has 1 atom stereocenters. The van der Waals surface area contributed by atoms with Gasteiger partial charge in [0.2, 0.25) is 5.95 Å². The number of amides is 1. The van der Waals surface area contributed by atoms with E-state index in [1.165, 1.54) is 12.3 Å². The molecule has 6 heteroatoms. The first-order valence-electron chi connectivity index (χ1n) is 5.08. The Kier molecular flexibility index (Phi) is 3.29. The molecule has 88 valence electrons. The maximum atomic E-state index is 12.9. The Morgan fingerprint density at radius 3 is 3.12 bits per heavy atom. The van der Waals surface area contributed by atoms with Crippen molar-refractivity contribution < 1.29 is 9.18 Å². The Morgan fingerprint density at radius 2 is 2.53 bits per heavy atom. The van der Waals surface area contributed by atoms with Gasteiger partial charge in [0, 0.05) is 23.6 Å². The van der Waals surface area contributed by atoms with Crippen molar-refractivity contribution in [3.8, 4) is 6.07 Å². The molecule has 17 heavy (non-hydrogen) atoms. The number of nitrogens with one attached hydrogen (secondary N) is 1. The van der Waals surface area contributed by atoms with Gasteiger partial charge < -0.3 is 5.32 Å². The number of carbonyl (C=O) groups is 1. The monoisotopic (exact) mass is 251 g/mol. The van der Waals surface area contributed by atoms with Gasteiger partial charge in [-0.3, -0.25) is 4.79 Å². The van der Waals surface area contributed by atoms with E-state index in [0.29, 0.717) is 12.2 Å². The molecule has 1 N–H and O–H groups in total. The zero-order valence-electron chi connectivity index (χ0n) is 8.94. The Balaban J connectivity index is 2.14. The van der Waals surface area contributed by atoms with Crippen LogP contribution in [0.4, 0.5) is 4.39 Å². The van der Waals surface area contributed by atoms with E-state index in [-0.39, 0.29) is 5.56 Å². The van der Waals surface area contributed by atoms with Crippen LogP contribution in [0.1, 0.15) is 16.8 Å². The fourth-order valence-electron chi connectivity index (χ4n) is 1.61. The Bertz CT molecular complexity index is 480. The maximum absolute atomic E-state index is 12.9. The molecule has 1 unspecified atom stereocenters. The minimum Gasteiger partial charge on any atom is -0.333 e. The summed E-state index contributed by atoms with van der Waals surface area (Å²) in [5, 5.41) is 11.8. The van der Waals surface area contributed by atoms with Crippen LogP contribution in [0.2, 0.25) is 0 Å². The Morgan fingerprint density at radius 1 is 1.71 bits per heavy atom. The minimum atomic E-state index is -0.818. The van der Waals surface area contributed by atoms with Crippen molar-refractivity contribution in [1.82, 2.24) is 10.3 Å². The quantitative estimate of drug-likeness (QED) is 0.806. The Hall–Kier alpha value is -1.61. The summed E-state index contributed by atoms with van der Waals surface area (Å²) in [7, 11) is 0. The molecule has 0 radical (unpaired) electrons. The summed E-state index contributed by atoms with van der Waals surface area (Å²) in [4.78, 5) is 15.2. The van der Waals surface area contributed by atoms with Crippen LogP contribution in [-0.4, -0.2) is 27.9 Å². The zero-order chi connectivity index (χ0) is 12.3. The van der Waals surface area contributed by atoms with Crippen molar-refractivity contribution in [2.24, 2.45) is 0 Å². The first-order valence-corrected chi connectivity index (χ1v) is 6.24. The lowest BCUT2D eigenvalue weighted by molar-refractivity contribution is 0.0925. The van der Waals surface area contributed by atoms with Gasteiger partial charge in [-0.05, 0) is 18.2 Å². The number of pyridine rings is 1. The summed E-state index contributed by atoms with van der Waals surface area (Å²) >= 11 is 1.62. The third kappa shape index (κ3) is 2.56.